The Morgan fingerprint density at radius 3 is 2.68 bits per heavy atom. The number of ether oxygens (including phenoxy) is 1. The van der Waals surface area contributed by atoms with Crippen LogP contribution in [0.4, 0.5) is 28.8 Å². The lowest BCUT2D eigenvalue weighted by Gasteiger charge is -2.32. The number of hydrogen-bond acceptors (Lipinski definition) is 9. The van der Waals surface area contributed by atoms with Crippen LogP contribution in [0.15, 0.2) is 42.7 Å². The number of aryl methyl sites for hydroxylation is 1. The van der Waals surface area contributed by atoms with Crippen molar-refractivity contribution in [3.63, 3.8) is 0 Å². The molecule has 1 aliphatic rings. The van der Waals surface area contributed by atoms with Crippen LogP contribution in [-0.2, 0) is 4.79 Å². The molecule has 1 aliphatic heterocycles. The van der Waals surface area contributed by atoms with E-state index >= 15 is 0 Å². The van der Waals surface area contributed by atoms with Gasteiger partial charge in [-0.05, 0) is 61.7 Å². The molecule has 216 valence electrons. The number of nitrogen functional groups attached to an aromatic ring is 1. The molecule has 1 amide bonds. The lowest BCUT2D eigenvalue weighted by molar-refractivity contribution is -0.120. The van der Waals surface area contributed by atoms with Crippen LogP contribution in [0.1, 0.15) is 50.7 Å². The lowest BCUT2D eigenvalue weighted by atomic mass is 9.97. The predicted octanol–water partition coefficient (Wildman–Crippen LogP) is 5.65. The van der Waals surface area contributed by atoms with Crippen LogP contribution in [0.3, 0.4) is 0 Å². The molecule has 41 heavy (non-hydrogen) atoms. The number of methoxy groups -OCH3 is 1. The summed E-state index contributed by atoms with van der Waals surface area (Å²) in [4.78, 5) is 32.0. The maximum absolute atomic E-state index is 13.1. The Balaban J connectivity index is 0.000000909. The van der Waals surface area contributed by atoms with Gasteiger partial charge in [-0.25, -0.2) is 4.98 Å². The van der Waals surface area contributed by atoms with Gasteiger partial charge in [0.1, 0.15) is 11.3 Å². The molecule has 0 spiro atoms. The lowest BCUT2D eigenvalue weighted by Crippen LogP contribution is -2.41. The molecule has 6 N–H and O–H groups in total. The van der Waals surface area contributed by atoms with Crippen molar-refractivity contribution in [2.24, 2.45) is 5.92 Å². The summed E-state index contributed by atoms with van der Waals surface area (Å²) in [6, 6.07) is 11.0. The number of rotatable bonds is 8. The van der Waals surface area contributed by atoms with Gasteiger partial charge in [0.15, 0.2) is 11.5 Å². The molecule has 1 unspecified atom stereocenters. The van der Waals surface area contributed by atoms with E-state index in [-0.39, 0.29) is 11.8 Å². The van der Waals surface area contributed by atoms with Crippen molar-refractivity contribution < 1.29 is 9.53 Å². The number of carbonyl (C=O) groups excluding carboxylic acids is 1. The second kappa shape index (κ2) is 13.6. The third kappa shape index (κ3) is 7.10. The molecule has 1 saturated heterocycles. The number of benzene rings is 2. The van der Waals surface area contributed by atoms with Crippen molar-refractivity contribution in [2.75, 3.05) is 41.5 Å². The fraction of sp³-hybridized carbons (Fsp3) is 0.367. The number of aromatic amines is 1. The number of nitrogens with two attached hydrogens (primary N) is 1. The molecule has 1 fully saturated rings. The minimum atomic E-state index is -0.242. The van der Waals surface area contributed by atoms with Crippen molar-refractivity contribution in [3.8, 4) is 5.75 Å². The second-order valence-electron chi connectivity index (χ2n) is 10.0. The highest BCUT2D eigenvalue weighted by Gasteiger charge is 2.28. The number of anilines is 5. The van der Waals surface area contributed by atoms with Crippen molar-refractivity contribution >= 4 is 52.1 Å². The summed E-state index contributed by atoms with van der Waals surface area (Å²) in [5, 5.41) is 13.8. The first-order chi connectivity index (χ1) is 19.9. The van der Waals surface area contributed by atoms with E-state index in [4.69, 9.17) is 20.9 Å². The van der Waals surface area contributed by atoms with E-state index in [1.165, 1.54) is 19.1 Å². The van der Waals surface area contributed by atoms with E-state index in [2.05, 4.69) is 39.4 Å². The summed E-state index contributed by atoms with van der Waals surface area (Å²) in [6.45, 7) is 7.56. The average Bonchev–Trinajstić information content (AvgIpc) is 3.48. The number of amides is 1. The van der Waals surface area contributed by atoms with Gasteiger partial charge in [-0.2, -0.15) is 9.97 Å². The standard InChI is InChI=1S/C26H29N9O2.C4H10/c1-15-10-18(6-8-21(15)37-2)31-24-22-23(30-14-29-22)33-26(34-24)35-9-3-4-16(13-35)25(36)32-19-5-7-20(28)17(11-19)12-27;1-3-4-2/h5-8,10-12,14,16,27H,3-4,9,13,28H2,1-2H3,(H,32,36)(H2,29,30,31,33,34);3-4H2,1-2H3. The number of fused-ring (bicyclic) bond motifs is 1. The number of unbranched alkanes of at least 4 members (excludes halogenated alkanes) is 1. The summed E-state index contributed by atoms with van der Waals surface area (Å²) < 4.78 is 5.37. The van der Waals surface area contributed by atoms with Crippen LogP contribution in [0.25, 0.3) is 11.2 Å². The first-order valence-corrected chi connectivity index (χ1v) is 13.9. The van der Waals surface area contributed by atoms with Gasteiger partial charge in [0.25, 0.3) is 0 Å². The number of carbonyl (C=O) groups is 1. The first-order valence-electron chi connectivity index (χ1n) is 13.9. The highest BCUT2D eigenvalue weighted by Crippen LogP contribution is 2.29. The van der Waals surface area contributed by atoms with Crippen molar-refractivity contribution in [3.05, 3.63) is 53.9 Å². The average molecular weight is 558 g/mol. The van der Waals surface area contributed by atoms with Crippen molar-refractivity contribution in [2.45, 2.75) is 46.5 Å². The zero-order chi connectivity index (χ0) is 29.4. The van der Waals surface area contributed by atoms with E-state index in [1.54, 1.807) is 31.6 Å². The fourth-order valence-electron chi connectivity index (χ4n) is 4.54. The highest BCUT2D eigenvalue weighted by molar-refractivity contribution is 5.95. The number of imidazole rings is 1. The van der Waals surface area contributed by atoms with Crippen LogP contribution in [-0.4, -0.2) is 52.3 Å². The molecule has 0 bridgehead atoms. The SMILES string of the molecule is CCCC.COc1ccc(Nc2nc(N3CCCC(C(=O)Nc4ccc(N)c(C=N)c4)C3)nc3nc[nH]c23)cc1C. The van der Waals surface area contributed by atoms with Gasteiger partial charge in [-0.15, -0.1) is 0 Å². The normalized spacial score (nSPS) is 14.6. The van der Waals surface area contributed by atoms with Gasteiger partial charge in [0.2, 0.25) is 11.9 Å². The molecule has 3 heterocycles. The number of hydrogen-bond donors (Lipinski definition) is 5. The van der Waals surface area contributed by atoms with Crippen LogP contribution in [0, 0.1) is 18.3 Å². The van der Waals surface area contributed by atoms with Crippen molar-refractivity contribution in [1.29, 1.82) is 5.41 Å². The summed E-state index contributed by atoms with van der Waals surface area (Å²) in [5.41, 5.74) is 10.7. The maximum Gasteiger partial charge on any atom is 0.229 e. The largest absolute Gasteiger partial charge is 0.496 e. The van der Waals surface area contributed by atoms with Crippen LogP contribution < -0.4 is 26.0 Å². The number of piperidine rings is 1. The van der Waals surface area contributed by atoms with E-state index in [0.29, 0.717) is 46.4 Å². The van der Waals surface area contributed by atoms with E-state index in [0.717, 1.165) is 36.4 Å². The van der Waals surface area contributed by atoms with Gasteiger partial charge < -0.3 is 36.4 Å². The quantitative estimate of drug-likeness (QED) is 0.137. The van der Waals surface area contributed by atoms with Crippen LogP contribution in [0.2, 0.25) is 0 Å². The molecule has 0 saturated carbocycles. The van der Waals surface area contributed by atoms with Crippen molar-refractivity contribution in [1.82, 2.24) is 19.9 Å². The third-order valence-corrected chi connectivity index (χ3v) is 7.02. The van der Waals surface area contributed by atoms with Crippen LogP contribution >= 0.6 is 0 Å². The fourth-order valence-corrected chi connectivity index (χ4v) is 4.54. The Bertz CT molecular complexity index is 1500. The summed E-state index contributed by atoms with van der Waals surface area (Å²) in [5.74, 6) is 1.61. The zero-order valence-electron chi connectivity index (χ0n) is 24.1. The smallest absolute Gasteiger partial charge is 0.229 e. The molecule has 5 rings (SSSR count). The molecular formula is C30H39N9O2. The number of aromatic nitrogens is 4. The zero-order valence-corrected chi connectivity index (χ0v) is 24.1. The van der Waals surface area contributed by atoms with E-state index in [9.17, 15) is 4.79 Å². The van der Waals surface area contributed by atoms with E-state index in [1.807, 2.05) is 30.0 Å². The topological polar surface area (TPSA) is 158 Å². The molecule has 2 aromatic heterocycles. The van der Waals surface area contributed by atoms with Crippen LogP contribution in [0.5, 0.6) is 5.75 Å². The molecular weight excluding hydrogens is 518 g/mol. The molecule has 0 radical (unpaired) electrons. The molecule has 2 aromatic carbocycles. The first kappa shape index (κ1) is 29.3. The maximum atomic E-state index is 13.1. The molecule has 11 heteroatoms. The van der Waals surface area contributed by atoms with Gasteiger partial charge >= 0.3 is 0 Å². The Morgan fingerprint density at radius 2 is 1.98 bits per heavy atom. The molecule has 0 aliphatic carbocycles. The van der Waals surface area contributed by atoms with Gasteiger partial charge in [0.05, 0.1) is 19.4 Å². The molecule has 11 nitrogen and oxygen atoms in total. The summed E-state index contributed by atoms with van der Waals surface area (Å²) in [7, 11) is 1.65. The summed E-state index contributed by atoms with van der Waals surface area (Å²) in [6.07, 6.45) is 6.99. The number of nitrogens with one attached hydrogen (secondary N) is 4. The summed E-state index contributed by atoms with van der Waals surface area (Å²) >= 11 is 0. The highest BCUT2D eigenvalue weighted by atomic mass is 16.5. The minimum Gasteiger partial charge on any atom is -0.496 e. The van der Waals surface area contributed by atoms with Gasteiger partial charge in [-0.1, -0.05) is 26.7 Å². The Kier molecular flexibility index (Phi) is 9.73. The predicted molar refractivity (Wildman–Crippen MR) is 166 cm³/mol. The number of H-pyrrole nitrogens is 1. The Morgan fingerprint density at radius 1 is 1.20 bits per heavy atom. The Labute approximate surface area is 240 Å². The van der Waals surface area contributed by atoms with Gasteiger partial charge in [0, 0.05) is 41.9 Å². The minimum absolute atomic E-state index is 0.0849. The van der Waals surface area contributed by atoms with Gasteiger partial charge in [-0.3, -0.25) is 4.79 Å². The monoisotopic (exact) mass is 557 g/mol. The molecule has 1 atom stereocenters. The Hall–Kier alpha value is -4.67. The third-order valence-electron chi connectivity index (χ3n) is 7.02. The number of nitrogens with zero attached hydrogens (tertiary/aromatic N) is 4. The van der Waals surface area contributed by atoms with E-state index < -0.39 is 0 Å². The second-order valence-corrected chi connectivity index (χ2v) is 10.0. The molecule has 4 aromatic rings.